The number of anilines is 1. The third-order valence-electron chi connectivity index (χ3n) is 2.83. The van der Waals surface area contributed by atoms with Crippen LogP contribution in [0.25, 0.3) is 21.5 Å². The summed E-state index contributed by atoms with van der Waals surface area (Å²) in [5, 5.41) is 4.90. The second-order valence-corrected chi connectivity index (χ2v) is 4.83. The topological polar surface area (TPSA) is 26.0 Å². The molecule has 0 radical (unpaired) electrons. The lowest BCUT2D eigenvalue weighted by atomic mass is 10.0. The van der Waals surface area contributed by atoms with E-state index in [4.69, 9.17) is 5.73 Å². The van der Waals surface area contributed by atoms with E-state index in [2.05, 4.69) is 52.3 Å². The maximum atomic E-state index is 5.84. The molecule has 0 fully saturated rings. The van der Waals surface area contributed by atoms with Crippen LogP contribution in [-0.2, 0) is 0 Å². The van der Waals surface area contributed by atoms with E-state index in [1.807, 2.05) is 12.1 Å². The normalized spacial score (nSPS) is 11.1. The number of nitrogens with two attached hydrogens (primary N) is 1. The van der Waals surface area contributed by atoms with Gasteiger partial charge in [-0.3, -0.25) is 0 Å². The Balaban J connectivity index is 2.55. The number of nitrogen functional groups attached to an aromatic ring is 1. The summed E-state index contributed by atoms with van der Waals surface area (Å²) in [7, 11) is 0. The fourth-order valence-corrected chi connectivity index (χ4v) is 2.40. The summed E-state index contributed by atoms with van der Waals surface area (Å²) in [5.74, 6) is 0. The Bertz CT molecular complexity index is 628. The largest absolute Gasteiger partial charge is 0.399 e. The van der Waals surface area contributed by atoms with Gasteiger partial charge in [-0.05, 0) is 45.8 Å². The van der Waals surface area contributed by atoms with Gasteiger partial charge in [0.1, 0.15) is 0 Å². The first-order valence-corrected chi connectivity index (χ1v) is 5.91. The molecule has 3 rings (SSSR count). The fourth-order valence-electron chi connectivity index (χ4n) is 2.04. The Hall–Kier alpha value is -1.54. The van der Waals surface area contributed by atoms with Crippen molar-refractivity contribution in [3.63, 3.8) is 0 Å². The second-order valence-electron chi connectivity index (χ2n) is 3.91. The first kappa shape index (κ1) is 9.67. The van der Waals surface area contributed by atoms with Crippen molar-refractivity contribution in [1.82, 2.24) is 0 Å². The van der Waals surface area contributed by atoms with Gasteiger partial charge in [0, 0.05) is 10.2 Å². The van der Waals surface area contributed by atoms with Crippen LogP contribution in [0.1, 0.15) is 0 Å². The van der Waals surface area contributed by atoms with Crippen molar-refractivity contribution in [2.75, 3.05) is 5.73 Å². The molecule has 0 aromatic heterocycles. The molecule has 0 saturated heterocycles. The molecule has 16 heavy (non-hydrogen) atoms. The monoisotopic (exact) mass is 271 g/mol. The summed E-state index contributed by atoms with van der Waals surface area (Å²) in [6.45, 7) is 0. The van der Waals surface area contributed by atoms with Crippen LogP contribution in [0.4, 0.5) is 5.69 Å². The molecule has 0 aliphatic heterocycles. The predicted octanol–water partition coefficient (Wildman–Crippen LogP) is 4.34. The zero-order valence-corrected chi connectivity index (χ0v) is 10.2. The van der Waals surface area contributed by atoms with Gasteiger partial charge in [-0.15, -0.1) is 0 Å². The lowest BCUT2D eigenvalue weighted by Gasteiger charge is -2.05. The van der Waals surface area contributed by atoms with E-state index in [1.165, 1.54) is 21.5 Å². The molecule has 1 nitrogen and oxygen atoms in total. The molecule has 3 aromatic rings. The smallest absolute Gasteiger partial charge is 0.0320 e. The lowest BCUT2D eigenvalue weighted by molar-refractivity contribution is 1.71. The van der Waals surface area contributed by atoms with Gasteiger partial charge >= 0.3 is 0 Å². The first-order valence-electron chi connectivity index (χ1n) is 5.11. The van der Waals surface area contributed by atoms with Gasteiger partial charge < -0.3 is 5.73 Å². The molecule has 0 unspecified atom stereocenters. The highest BCUT2D eigenvalue weighted by atomic mass is 79.9. The van der Waals surface area contributed by atoms with E-state index in [-0.39, 0.29) is 0 Å². The minimum Gasteiger partial charge on any atom is -0.399 e. The molecule has 2 N–H and O–H groups in total. The van der Waals surface area contributed by atoms with Crippen molar-refractivity contribution in [1.29, 1.82) is 0 Å². The van der Waals surface area contributed by atoms with Gasteiger partial charge in [0.25, 0.3) is 0 Å². The van der Waals surface area contributed by atoms with E-state index in [0.29, 0.717) is 0 Å². The minimum absolute atomic E-state index is 0.806. The molecular weight excluding hydrogens is 262 g/mol. The SMILES string of the molecule is Nc1ccc2ccc3ccc(Br)cc3c2c1. The highest BCUT2D eigenvalue weighted by Crippen LogP contribution is 2.29. The number of hydrogen-bond acceptors (Lipinski definition) is 1. The number of benzene rings is 3. The minimum atomic E-state index is 0.806. The van der Waals surface area contributed by atoms with Crippen LogP contribution in [0.2, 0.25) is 0 Å². The molecule has 0 amide bonds. The fraction of sp³-hybridized carbons (Fsp3) is 0. The Kier molecular flexibility index (Phi) is 2.11. The van der Waals surface area contributed by atoms with Crippen LogP contribution in [0, 0.1) is 0 Å². The molecule has 0 aliphatic carbocycles. The summed E-state index contributed by atoms with van der Waals surface area (Å²) in [6.07, 6.45) is 0. The molecule has 3 aromatic carbocycles. The number of fused-ring (bicyclic) bond motifs is 3. The summed E-state index contributed by atoms with van der Waals surface area (Å²) in [4.78, 5) is 0. The van der Waals surface area contributed by atoms with E-state index < -0.39 is 0 Å². The molecule has 0 spiro atoms. The van der Waals surface area contributed by atoms with Crippen LogP contribution >= 0.6 is 15.9 Å². The van der Waals surface area contributed by atoms with Gasteiger partial charge in [0.15, 0.2) is 0 Å². The van der Waals surface area contributed by atoms with E-state index >= 15 is 0 Å². The van der Waals surface area contributed by atoms with Gasteiger partial charge in [-0.1, -0.05) is 40.2 Å². The van der Waals surface area contributed by atoms with Crippen molar-refractivity contribution in [3.05, 3.63) is 53.0 Å². The third-order valence-corrected chi connectivity index (χ3v) is 3.32. The van der Waals surface area contributed by atoms with Gasteiger partial charge in [0.2, 0.25) is 0 Å². The first-order chi connectivity index (χ1) is 7.74. The highest BCUT2D eigenvalue weighted by molar-refractivity contribution is 9.10. The maximum Gasteiger partial charge on any atom is 0.0320 e. The van der Waals surface area contributed by atoms with Crippen LogP contribution in [-0.4, -0.2) is 0 Å². The Morgan fingerprint density at radius 2 is 1.31 bits per heavy atom. The highest BCUT2D eigenvalue weighted by Gasteiger charge is 2.01. The number of rotatable bonds is 0. The zero-order chi connectivity index (χ0) is 11.1. The summed E-state index contributed by atoms with van der Waals surface area (Å²) in [5.41, 5.74) is 6.65. The number of halogens is 1. The Labute approximate surface area is 102 Å². The van der Waals surface area contributed by atoms with Crippen molar-refractivity contribution < 1.29 is 0 Å². The Morgan fingerprint density at radius 1 is 0.750 bits per heavy atom. The van der Waals surface area contributed by atoms with Crippen LogP contribution < -0.4 is 5.73 Å². The summed E-state index contributed by atoms with van der Waals surface area (Å²) in [6, 6.07) is 16.6. The average molecular weight is 272 g/mol. The molecule has 0 saturated carbocycles. The quantitative estimate of drug-likeness (QED) is 0.478. The Morgan fingerprint density at radius 3 is 2.06 bits per heavy atom. The maximum absolute atomic E-state index is 5.84. The average Bonchev–Trinajstić information content (AvgIpc) is 2.29. The molecule has 0 aliphatic rings. The predicted molar refractivity (Wildman–Crippen MR) is 73.6 cm³/mol. The molecule has 78 valence electrons. The molecule has 2 heteroatoms. The van der Waals surface area contributed by atoms with Crippen molar-refractivity contribution in [2.45, 2.75) is 0 Å². The zero-order valence-electron chi connectivity index (χ0n) is 8.57. The van der Waals surface area contributed by atoms with Gasteiger partial charge in [0.05, 0.1) is 0 Å². The second kappa shape index (κ2) is 3.49. The van der Waals surface area contributed by atoms with E-state index in [9.17, 15) is 0 Å². The van der Waals surface area contributed by atoms with Gasteiger partial charge in [-0.25, -0.2) is 0 Å². The molecule has 0 heterocycles. The lowest BCUT2D eigenvalue weighted by Crippen LogP contribution is -1.84. The van der Waals surface area contributed by atoms with Crippen LogP contribution in [0.15, 0.2) is 53.0 Å². The van der Waals surface area contributed by atoms with Crippen molar-refractivity contribution in [3.8, 4) is 0 Å². The van der Waals surface area contributed by atoms with Crippen molar-refractivity contribution >= 4 is 43.2 Å². The molecule has 0 atom stereocenters. The van der Waals surface area contributed by atoms with Crippen molar-refractivity contribution in [2.24, 2.45) is 0 Å². The van der Waals surface area contributed by atoms with E-state index in [0.717, 1.165) is 10.2 Å². The van der Waals surface area contributed by atoms with E-state index in [1.54, 1.807) is 0 Å². The molecular formula is C14H10BrN. The standard InChI is InChI=1S/C14H10BrN/c15-11-5-3-9-1-2-10-4-6-12(16)8-14(10)13(9)7-11/h1-8H,16H2. The summed E-state index contributed by atoms with van der Waals surface area (Å²) < 4.78 is 1.09. The number of hydrogen-bond donors (Lipinski definition) is 1. The van der Waals surface area contributed by atoms with Gasteiger partial charge in [-0.2, -0.15) is 0 Å². The van der Waals surface area contributed by atoms with Crippen LogP contribution in [0.5, 0.6) is 0 Å². The van der Waals surface area contributed by atoms with Crippen LogP contribution in [0.3, 0.4) is 0 Å². The molecule has 0 bridgehead atoms. The third kappa shape index (κ3) is 1.46. The summed E-state index contributed by atoms with van der Waals surface area (Å²) >= 11 is 3.51.